The van der Waals surface area contributed by atoms with Gasteiger partial charge in [0.2, 0.25) is 11.9 Å². The summed E-state index contributed by atoms with van der Waals surface area (Å²) >= 11 is 0. The molecule has 1 amide bonds. The van der Waals surface area contributed by atoms with Gasteiger partial charge in [0, 0.05) is 26.0 Å². The zero-order chi connectivity index (χ0) is 17.3. The summed E-state index contributed by atoms with van der Waals surface area (Å²) in [6.07, 6.45) is 3.97. The molecule has 0 atom stereocenters. The number of nitrogens with two attached hydrogens (primary N) is 1. The molecule has 1 saturated heterocycles. The van der Waals surface area contributed by atoms with Crippen LogP contribution in [0, 0.1) is 0 Å². The van der Waals surface area contributed by atoms with Gasteiger partial charge >= 0.3 is 0 Å². The average Bonchev–Trinajstić information content (AvgIpc) is 2.68. The second-order valence-electron chi connectivity index (χ2n) is 6.74. The smallest absolute Gasteiger partial charge is 0.233 e. The van der Waals surface area contributed by atoms with Crippen LogP contribution in [0.15, 0.2) is 36.5 Å². The molecule has 1 fully saturated rings. The van der Waals surface area contributed by atoms with Gasteiger partial charge in [-0.1, -0.05) is 30.3 Å². The van der Waals surface area contributed by atoms with Crippen molar-refractivity contribution >= 4 is 11.9 Å². The number of fused-ring (bicyclic) bond motifs is 1. The Morgan fingerprint density at radius 2 is 1.96 bits per heavy atom. The highest BCUT2D eigenvalue weighted by Crippen LogP contribution is 2.37. The molecular weight excluding hydrogens is 316 g/mol. The Bertz CT molecular complexity index is 772. The number of amides is 1. The lowest BCUT2D eigenvalue weighted by Gasteiger charge is -2.41. The molecule has 0 saturated carbocycles. The van der Waals surface area contributed by atoms with Crippen molar-refractivity contribution < 1.29 is 9.53 Å². The Balaban J connectivity index is 1.66. The molecule has 6 heteroatoms. The number of ether oxygens (including phenoxy) is 1. The first-order valence-electron chi connectivity index (χ1n) is 8.72. The van der Waals surface area contributed by atoms with E-state index in [9.17, 15) is 4.79 Å². The van der Waals surface area contributed by atoms with E-state index in [-0.39, 0.29) is 11.9 Å². The average molecular weight is 338 g/mol. The van der Waals surface area contributed by atoms with Crippen molar-refractivity contribution in [2.75, 3.05) is 25.5 Å². The maximum Gasteiger partial charge on any atom is 0.233 e. The maximum absolute atomic E-state index is 13.6. The molecule has 2 aromatic rings. The van der Waals surface area contributed by atoms with Gasteiger partial charge in [-0.3, -0.25) is 4.79 Å². The summed E-state index contributed by atoms with van der Waals surface area (Å²) in [4.78, 5) is 23.9. The first kappa shape index (κ1) is 16.0. The summed E-state index contributed by atoms with van der Waals surface area (Å²) in [5, 5.41) is 0. The van der Waals surface area contributed by atoms with Crippen LogP contribution in [0.1, 0.15) is 29.7 Å². The van der Waals surface area contributed by atoms with Crippen LogP contribution in [0.2, 0.25) is 0 Å². The van der Waals surface area contributed by atoms with Gasteiger partial charge in [-0.2, -0.15) is 0 Å². The van der Waals surface area contributed by atoms with Crippen molar-refractivity contribution in [1.29, 1.82) is 0 Å². The van der Waals surface area contributed by atoms with E-state index in [0.717, 1.165) is 23.2 Å². The molecule has 25 heavy (non-hydrogen) atoms. The number of benzene rings is 1. The van der Waals surface area contributed by atoms with E-state index < -0.39 is 5.41 Å². The van der Waals surface area contributed by atoms with Crippen molar-refractivity contribution in [1.82, 2.24) is 14.9 Å². The molecule has 2 aliphatic rings. The number of anilines is 1. The third kappa shape index (κ3) is 2.87. The van der Waals surface area contributed by atoms with Crippen LogP contribution in [0.4, 0.5) is 5.95 Å². The highest BCUT2D eigenvalue weighted by molar-refractivity contribution is 5.88. The van der Waals surface area contributed by atoms with Crippen LogP contribution in [0.5, 0.6) is 0 Å². The van der Waals surface area contributed by atoms with Crippen molar-refractivity contribution in [3.8, 4) is 0 Å². The zero-order valence-corrected chi connectivity index (χ0v) is 14.1. The molecule has 0 bridgehead atoms. The highest BCUT2D eigenvalue weighted by Gasteiger charge is 2.44. The van der Waals surface area contributed by atoms with Gasteiger partial charge in [0.15, 0.2) is 0 Å². The number of carbonyl (C=O) groups excluding carboxylic acids is 1. The summed E-state index contributed by atoms with van der Waals surface area (Å²) < 4.78 is 5.55. The van der Waals surface area contributed by atoms with E-state index in [1.807, 2.05) is 23.1 Å². The fraction of sp³-hybridized carbons (Fsp3) is 0.421. The molecule has 0 unspecified atom stereocenters. The zero-order valence-electron chi connectivity index (χ0n) is 14.1. The molecule has 0 aliphatic carbocycles. The molecule has 130 valence electrons. The number of rotatable bonds is 2. The highest BCUT2D eigenvalue weighted by atomic mass is 16.5. The first-order chi connectivity index (χ1) is 12.2. The van der Waals surface area contributed by atoms with Crippen LogP contribution in [-0.4, -0.2) is 40.5 Å². The van der Waals surface area contributed by atoms with Crippen molar-refractivity contribution in [3.05, 3.63) is 53.3 Å². The predicted molar refractivity (Wildman–Crippen MR) is 93.7 cm³/mol. The molecule has 4 rings (SSSR count). The molecule has 0 radical (unpaired) electrons. The summed E-state index contributed by atoms with van der Waals surface area (Å²) in [7, 11) is 0. The minimum atomic E-state index is -0.504. The van der Waals surface area contributed by atoms with Crippen LogP contribution < -0.4 is 5.73 Å². The van der Waals surface area contributed by atoms with Crippen molar-refractivity contribution in [2.24, 2.45) is 0 Å². The topological polar surface area (TPSA) is 81.3 Å². The van der Waals surface area contributed by atoms with E-state index in [1.165, 1.54) is 0 Å². The second-order valence-corrected chi connectivity index (χ2v) is 6.74. The SMILES string of the molecule is Nc1ncc2c(n1)CN(C(=O)C1(c3ccccc3)CCOCC1)CC2. The van der Waals surface area contributed by atoms with Crippen LogP contribution in [0.25, 0.3) is 0 Å². The number of hydrogen-bond donors (Lipinski definition) is 1. The predicted octanol–water partition coefficient (Wildman–Crippen LogP) is 1.69. The van der Waals surface area contributed by atoms with Crippen LogP contribution >= 0.6 is 0 Å². The summed E-state index contributed by atoms with van der Waals surface area (Å²) in [5.74, 6) is 0.432. The minimum Gasteiger partial charge on any atom is -0.381 e. The van der Waals surface area contributed by atoms with E-state index >= 15 is 0 Å². The molecule has 3 heterocycles. The number of nitrogen functional groups attached to an aromatic ring is 1. The molecule has 2 aliphatic heterocycles. The number of aromatic nitrogens is 2. The Morgan fingerprint density at radius 1 is 1.20 bits per heavy atom. The van der Waals surface area contributed by atoms with Gasteiger partial charge in [0.05, 0.1) is 17.7 Å². The Kier molecular flexibility index (Phi) is 4.13. The van der Waals surface area contributed by atoms with Gasteiger partial charge < -0.3 is 15.4 Å². The van der Waals surface area contributed by atoms with Gasteiger partial charge in [0.25, 0.3) is 0 Å². The lowest BCUT2D eigenvalue weighted by atomic mass is 9.72. The molecule has 0 spiro atoms. The lowest BCUT2D eigenvalue weighted by Crippen LogP contribution is -2.51. The third-order valence-corrected chi connectivity index (χ3v) is 5.33. The summed E-state index contributed by atoms with van der Waals surface area (Å²) in [5.41, 5.74) is 8.24. The van der Waals surface area contributed by atoms with Crippen LogP contribution in [-0.2, 0) is 27.9 Å². The van der Waals surface area contributed by atoms with Crippen molar-refractivity contribution in [3.63, 3.8) is 0 Å². The second kappa shape index (κ2) is 6.44. The number of nitrogens with zero attached hydrogens (tertiary/aromatic N) is 3. The Hall–Kier alpha value is -2.47. The first-order valence-corrected chi connectivity index (χ1v) is 8.72. The summed E-state index contributed by atoms with van der Waals surface area (Å²) in [6.45, 7) is 2.41. The maximum atomic E-state index is 13.6. The van der Waals surface area contributed by atoms with Gasteiger partial charge in [0.1, 0.15) is 0 Å². The fourth-order valence-corrected chi connectivity index (χ4v) is 3.90. The summed E-state index contributed by atoms with van der Waals surface area (Å²) in [6, 6.07) is 10.1. The standard InChI is InChI=1S/C19H22N4O2/c20-18-21-12-14-6-9-23(13-16(14)22-18)17(24)19(7-10-25-11-8-19)15-4-2-1-3-5-15/h1-5,12H,6-11,13H2,(H2,20,21,22). The van der Waals surface area contributed by atoms with E-state index in [0.29, 0.717) is 39.1 Å². The monoisotopic (exact) mass is 338 g/mol. The molecule has 2 N–H and O–H groups in total. The van der Waals surface area contributed by atoms with E-state index in [2.05, 4.69) is 22.1 Å². The fourth-order valence-electron chi connectivity index (χ4n) is 3.90. The Morgan fingerprint density at radius 3 is 2.72 bits per heavy atom. The minimum absolute atomic E-state index is 0.171. The normalized spacial score (nSPS) is 19.3. The largest absolute Gasteiger partial charge is 0.381 e. The Labute approximate surface area is 147 Å². The quantitative estimate of drug-likeness (QED) is 0.901. The van der Waals surface area contributed by atoms with Crippen molar-refractivity contribution in [2.45, 2.75) is 31.2 Å². The van der Waals surface area contributed by atoms with E-state index in [1.54, 1.807) is 6.20 Å². The third-order valence-electron chi connectivity index (χ3n) is 5.33. The molecule has 1 aromatic heterocycles. The van der Waals surface area contributed by atoms with Gasteiger partial charge in [-0.15, -0.1) is 0 Å². The molecule has 1 aromatic carbocycles. The van der Waals surface area contributed by atoms with Gasteiger partial charge in [-0.25, -0.2) is 9.97 Å². The number of hydrogen-bond acceptors (Lipinski definition) is 5. The molecular formula is C19H22N4O2. The van der Waals surface area contributed by atoms with Gasteiger partial charge in [-0.05, 0) is 30.4 Å². The molecule has 6 nitrogen and oxygen atoms in total. The number of carbonyl (C=O) groups is 1. The van der Waals surface area contributed by atoms with E-state index in [4.69, 9.17) is 10.5 Å². The lowest BCUT2D eigenvalue weighted by molar-refractivity contribution is -0.142. The van der Waals surface area contributed by atoms with Crippen LogP contribution in [0.3, 0.4) is 0 Å².